The van der Waals surface area contributed by atoms with Crippen LogP contribution >= 0.6 is 0 Å². The average Bonchev–Trinajstić information content (AvgIpc) is 3.18. The number of rotatable bonds is 6. The lowest BCUT2D eigenvalue weighted by atomic mass is 9.66. The molecule has 3 aromatic heterocycles. The first-order chi connectivity index (χ1) is 11.3. The predicted molar refractivity (Wildman–Crippen MR) is 90.4 cm³/mol. The maximum absolute atomic E-state index is 4.56. The van der Waals surface area contributed by atoms with Crippen molar-refractivity contribution in [2.45, 2.75) is 32.2 Å². The zero-order valence-corrected chi connectivity index (χ0v) is 13.1. The lowest BCUT2D eigenvalue weighted by Crippen LogP contribution is -2.35. The van der Waals surface area contributed by atoms with Gasteiger partial charge in [0.15, 0.2) is 0 Å². The highest BCUT2D eigenvalue weighted by Crippen LogP contribution is 2.45. The monoisotopic (exact) mass is 308 g/mol. The molecule has 0 aliphatic heterocycles. The van der Waals surface area contributed by atoms with E-state index in [0.717, 1.165) is 41.8 Å². The molecular formula is C17H20N6. The highest BCUT2D eigenvalue weighted by atomic mass is 15.3. The van der Waals surface area contributed by atoms with E-state index in [4.69, 9.17) is 0 Å². The number of aliphatic imine (C=N–C) groups is 1. The quantitative estimate of drug-likeness (QED) is 0.711. The molecule has 1 saturated carbocycles. The van der Waals surface area contributed by atoms with Crippen LogP contribution in [0.3, 0.4) is 0 Å². The van der Waals surface area contributed by atoms with Crippen LogP contribution in [-0.4, -0.2) is 38.0 Å². The molecule has 1 N–H and O–H groups in total. The molecule has 0 amide bonds. The Morgan fingerprint density at radius 2 is 2.26 bits per heavy atom. The average molecular weight is 308 g/mol. The lowest BCUT2D eigenvalue weighted by molar-refractivity contribution is 0.0917. The molecule has 6 heteroatoms. The predicted octanol–water partition coefficient (Wildman–Crippen LogP) is 3.08. The maximum atomic E-state index is 4.56. The van der Waals surface area contributed by atoms with Gasteiger partial charge in [-0.15, -0.1) is 0 Å². The molecule has 0 radical (unpaired) electrons. The number of hydrogen-bond donors (Lipinski definition) is 1. The summed E-state index contributed by atoms with van der Waals surface area (Å²) in [6.45, 7) is 5.39. The Balaban J connectivity index is 1.59. The molecule has 3 heterocycles. The molecule has 1 aliphatic rings. The van der Waals surface area contributed by atoms with E-state index < -0.39 is 0 Å². The number of nitrogens with zero attached hydrogens (tertiary/aromatic N) is 5. The summed E-state index contributed by atoms with van der Waals surface area (Å²) in [5, 5.41) is 5.59. The van der Waals surface area contributed by atoms with Crippen LogP contribution in [0.4, 0.5) is 0 Å². The molecule has 0 unspecified atom stereocenters. The van der Waals surface area contributed by atoms with Crippen molar-refractivity contribution in [3.05, 3.63) is 31.0 Å². The molecule has 6 nitrogen and oxygen atoms in total. The lowest BCUT2D eigenvalue weighted by Gasteiger charge is -2.41. The standard InChI is InChI=1S/C17H20N6/c1-18-8-6-17(4-2-5-17)11-23-10-13(9-22-23)15-14-3-7-19-16(14)21-12-20-15/h3,7,9-10,12H,1-2,4-6,8,11H2,(H,19,20,21). The van der Waals surface area contributed by atoms with Gasteiger partial charge in [0.05, 0.1) is 11.9 Å². The highest BCUT2D eigenvalue weighted by Gasteiger charge is 2.37. The van der Waals surface area contributed by atoms with Gasteiger partial charge in [0.25, 0.3) is 0 Å². The van der Waals surface area contributed by atoms with Crippen molar-refractivity contribution in [3.63, 3.8) is 0 Å². The summed E-state index contributed by atoms with van der Waals surface area (Å²) in [5.74, 6) is 0. The van der Waals surface area contributed by atoms with Gasteiger partial charge in [-0.05, 0) is 37.5 Å². The highest BCUT2D eigenvalue weighted by molar-refractivity contribution is 5.89. The van der Waals surface area contributed by atoms with E-state index in [1.54, 1.807) is 6.33 Å². The molecule has 1 aliphatic carbocycles. The molecule has 0 atom stereocenters. The maximum Gasteiger partial charge on any atom is 0.141 e. The second-order valence-electron chi connectivity index (χ2n) is 6.44. The van der Waals surface area contributed by atoms with E-state index in [1.165, 1.54) is 19.3 Å². The van der Waals surface area contributed by atoms with Crippen LogP contribution in [0.25, 0.3) is 22.3 Å². The zero-order valence-electron chi connectivity index (χ0n) is 13.1. The zero-order chi connectivity index (χ0) is 15.7. The van der Waals surface area contributed by atoms with Gasteiger partial charge in [0.2, 0.25) is 0 Å². The molecule has 0 saturated heterocycles. The Bertz CT molecular complexity index is 826. The molecule has 1 fully saturated rings. The third-order valence-corrected chi connectivity index (χ3v) is 4.97. The van der Waals surface area contributed by atoms with Crippen LogP contribution in [0.15, 0.2) is 36.0 Å². The number of H-pyrrole nitrogens is 1. The van der Waals surface area contributed by atoms with Gasteiger partial charge in [-0.2, -0.15) is 5.10 Å². The van der Waals surface area contributed by atoms with Gasteiger partial charge in [0.1, 0.15) is 12.0 Å². The largest absolute Gasteiger partial charge is 0.346 e. The molecule has 118 valence electrons. The van der Waals surface area contributed by atoms with Crippen LogP contribution in [0.5, 0.6) is 0 Å². The summed E-state index contributed by atoms with van der Waals surface area (Å²) in [7, 11) is 0. The fraction of sp³-hybridized carbons (Fsp3) is 0.412. The third kappa shape index (κ3) is 2.54. The SMILES string of the molecule is C=NCCC1(Cn2cc(-c3ncnc4[nH]ccc34)cn2)CCC1. The fourth-order valence-corrected chi connectivity index (χ4v) is 3.50. The number of aromatic nitrogens is 5. The van der Waals surface area contributed by atoms with Crippen LogP contribution in [-0.2, 0) is 6.54 Å². The number of hydrogen-bond acceptors (Lipinski definition) is 4. The van der Waals surface area contributed by atoms with Crippen LogP contribution in [0, 0.1) is 5.41 Å². The summed E-state index contributed by atoms with van der Waals surface area (Å²) in [4.78, 5) is 15.8. The molecule has 0 aromatic carbocycles. The topological polar surface area (TPSA) is 71.8 Å². The molecule has 3 aromatic rings. The van der Waals surface area contributed by atoms with Gasteiger partial charge in [0, 0.05) is 36.4 Å². The first kappa shape index (κ1) is 14.1. The Morgan fingerprint density at radius 1 is 1.35 bits per heavy atom. The van der Waals surface area contributed by atoms with Crippen molar-refractivity contribution in [1.82, 2.24) is 24.7 Å². The minimum absolute atomic E-state index is 0.347. The Morgan fingerprint density at radius 3 is 3.04 bits per heavy atom. The smallest absolute Gasteiger partial charge is 0.141 e. The molecule has 0 bridgehead atoms. The minimum Gasteiger partial charge on any atom is -0.346 e. The van der Waals surface area contributed by atoms with Crippen LogP contribution in [0.2, 0.25) is 0 Å². The second-order valence-corrected chi connectivity index (χ2v) is 6.44. The normalized spacial score (nSPS) is 16.3. The van der Waals surface area contributed by atoms with E-state index in [1.807, 2.05) is 18.5 Å². The van der Waals surface area contributed by atoms with Gasteiger partial charge in [-0.1, -0.05) is 6.42 Å². The van der Waals surface area contributed by atoms with E-state index in [0.29, 0.717) is 5.41 Å². The van der Waals surface area contributed by atoms with Crippen molar-refractivity contribution in [2.24, 2.45) is 10.4 Å². The first-order valence-corrected chi connectivity index (χ1v) is 8.03. The summed E-state index contributed by atoms with van der Waals surface area (Å²) < 4.78 is 2.05. The summed E-state index contributed by atoms with van der Waals surface area (Å²) in [6.07, 6.45) is 12.4. The Hall–Kier alpha value is -2.50. The number of nitrogens with one attached hydrogen (secondary N) is 1. The van der Waals surface area contributed by atoms with Crippen LogP contribution in [0.1, 0.15) is 25.7 Å². The van der Waals surface area contributed by atoms with E-state index >= 15 is 0 Å². The number of aromatic amines is 1. The minimum atomic E-state index is 0.347. The molecule has 23 heavy (non-hydrogen) atoms. The van der Waals surface area contributed by atoms with Crippen molar-refractivity contribution in [3.8, 4) is 11.3 Å². The van der Waals surface area contributed by atoms with E-state index in [-0.39, 0.29) is 0 Å². The summed E-state index contributed by atoms with van der Waals surface area (Å²) >= 11 is 0. The summed E-state index contributed by atoms with van der Waals surface area (Å²) in [6, 6.07) is 2.01. The van der Waals surface area contributed by atoms with Crippen molar-refractivity contribution < 1.29 is 0 Å². The van der Waals surface area contributed by atoms with Gasteiger partial charge in [-0.3, -0.25) is 4.68 Å². The van der Waals surface area contributed by atoms with Crippen LogP contribution < -0.4 is 0 Å². The fourth-order valence-electron chi connectivity index (χ4n) is 3.50. The van der Waals surface area contributed by atoms with E-state index in [2.05, 4.69) is 42.6 Å². The van der Waals surface area contributed by atoms with Gasteiger partial charge >= 0.3 is 0 Å². The second kappa shape index (κ2) is 5.61. The van der Waals surface area contributed by atoms with Crippen molar-refractivity contribution in [2.75, 3.05) is 6.54 Å². The number of fused-ring (bicyclic) bond motifs is 1. The Labute approximate surface area is 134 Å². The molecule has 4 rings (SSSR count). The van der Waals surface area contributed by atoms with Crippen molar-refractivity contribution in [1.29, 1.82) is 0 Å². The summed E-state index contributed by atoms with van der Waals surface area (Å²) in [5.41, 5.74) is 3.17. The van der Waals surface area contributed by atoms with E-state index in [9.17, 15) is 0 Å². The first-order valence-electron chi connectivity index (χ1n) is 8.03. The molecular weight excluding hydrogens is 288 g/mol. The van der Waals surface area contributed by atoms with Gasteiger partial charge < -0.3 is 9.98 Å². The third-order valence-electron chi connectivity index (χ3n) is 4.97. The van der Waals surface area contributed by atoms with Crippen molar-refractivity contribution >= 4 is 17.8 Å². The molecule has 0 spiro atoms. The Kier molecular flexibility index (Phi) is 3.44. The van der Waals surface area contributed by atoms with Gasteiger partial charge in [-0.25, -0.2) is 9.97 Å².